The molecule has 0 aliphatic rings. The lowest BCUT2D eigenvalue weighted by Gasteiger charge is -2.04. The number of methoxy groups -OCH3 is 1. The molecular weight excluding hydrogens is 200 g/mol. The fourth-order valence-electron chi connectivity index (χ4n) is 1.31. The number of carbonyl (C=O) groups excluding carboxylic acids is 1. The summed E-state index contributed by atoms with van der Waals surface area (Å²) < 4.78 is 4.76. The van der Waals surface area contributed by atoms with Crippen LogP contribution in [0.25, 0.3) is 5.57 Å². The highest BCUT2D eigenvalue weighted by molar-refractivity contribution is 6.16. The Bertz CT molecular complexity index is 388. The Balaban J connectivity index is 3.01. The molecule has 0 bridgehead atoms. The fraction of sp³-hybridized carbons (Fsp3) is 0.214. The molecule has 16 heavy (non-hydrogen) atoms. The number of allylic oxidation sites excluding steroid dienone is 3. The minimum absolute atomic E-state index is 0.313. The zero-order valence-corrected chi connectivity index (χ0v) is 9.64. The molecule has 0 aromatic heterocycles. The molecule has 0 saturated carbocycles. The molecule has 1 rings (SSSR count). The molecule has 2 heteroatoms. The van der Waals surface area contributed by atoms with Gasteiger partial charge in [-0.1, -0.05) is 49.4 Å². The molecule has 0 amide bonds. The zero-order valence-electron chi connectivity index (χ0n) is 9.64. The summed E-state index contributed by atoms with van der Waals surface area (Å²) in [6.07, 6.45) is 6.59. The monoisotopic (exact) mass is 216 g/mol. The Hall–Kier alpha value is -1.83. The minimum Gasteiger partial charge on any atom is -0.465 e. The van der Waals surface area contributed by atoms with Crippen LogP contribution >= 0.6 is 0 Å². The summed E-state index contributed by atoms with van der Waals surface area (Å²) in [5.74, 6) is -0.313. The molecule has 2 nitrogen and oxygen atoms in total. The lowest BCUT2D eigenvalue weighted by atomic mass is 10.1. The van der Waals surface area contributed by atoms with Crippen molar-refractivity contribution in [2.45, 2.75) is 13.3 Å². The van der Waals surface area contributed by atoms with E-state index >= 15 is 0 Å². The van der Waals surface area contributed by atoms with Gasteiger partial charge in [-0.05, 0) is 18.1 Å². The fourth-order valence-corrected chi connectivity index (χ4v) is 1.31. The molecule has 1 aromatic rings. The van der Waals surface area contributed by atoms with Crippen LogP contribution in [0.5, 0.6) is 0 Å². The van der Waals surface area contributed by atoms with E-state index < -0.39 is 0 Å². The van der Waals surface area contributed by atoms with Gasteiger partial charge >= 0.3 is 5.97 Å². The number of benzene rings is 1. The van der Waals surface area contributed by atoms with Gasteiger partial charge in [0.25, 0.3) is 0 Å². The summed E-state index contributed by atoms with van der Waals surface area (Å²) in [6, 6.07) is 9.50. The van der Waals surface area contributed by atoms with Gasteiger partial charge in [0.2, 0.25) is 0 Å². The van der Waals surface area contributed by atoms with Crippen molar-refractivity contribution in [1.82, 2.24) is 0 Å². The Morgan fingerprint density at radius 1 is 1.31 bits per heavy atom. The molecule has 0 heterocycles. The maximum absolute atomic E-state index is 11.6. The standard InChI is InChI=1S/C14H16O2/c1-3-4-6-11-13(14(15)16-2)12-9-7-5-8-10-12/h4-11H,3H2,1-2H3/b6-4+,13-11+. The highest BCUT2D eigenvalue weighted by Crippen LogP contribution is 2.15. The van der Waals surface area contributed by atoms with Crippen molar-refractivity contribution in [2.75, 3.05) is 7.11 Å². The normalized spacial score (nSPS) is 11.8. The van der Waals surface area contributed by atoms with E-state index in [1.54, 1.807) is 6.08 Å². The van der Waals surface area contributed by atoms with Gasteiger partial charge in [0.15, 0.2) is 0 Å². The van der Waals surface area contributed by atoms with Crippen LogP contribution in [0.3, 0.4) is 0 Å². The number of esters is 1. The Morgan fingerprint density at radius 3 is 2.56 bits per heavy atom. The van der Waals surface area contributed by atoms with Crippen molar-refractivity contribution in [1.29, 1.82) is 0 Å². The van der Waals surface area contributed by atoms with Crippen LogP contribution in [0.2, 0.25) is 0 Å². The zero-order chi connectivity index (χ0) is 11.8. The lowest BCUT2D eigenvalue weighted by molar-refractivity contribution is -0.133. The van der Waals surface area contributed by atoms with E-state index in [0.717, 1.165) is 12.0 Å². The molecule has 0 aliphatic carbocycles. The molecule has 0 saturated heterocycles. The Morgan fingerprint density at radius 2 is 2.00 bits per heavy atom. The van der Waals surface area contributed by atoms with E-state index in [2.05, 4.69) is 0 Å². The largest absolute Gasteiger partial charge is 0.465 e. The van der Waals surface area contributed by atoms with E-state index in [4.69, 9.17) is 4.74 Å². The van der Waals surface area contributed by atoms with Crippen LogP contribution in [-0.4, -0.2) is 13.1 Å². The number of hydrogen-bond donors (Lipinski definition) is 0. The average Bonchev–Trinajstić information content (AvgIpc) is 2.35. The third-order valence-electron chi connectivity index (χ3n) is 2.12. The predicted octanol–water partition coefficient (Wildman–Crippen LogP) is 3.21. The topological polar surface area (TPSA) is 26.3 Å². The first-order valence-electron chi connectivity index (χ1n) is 5.30. The van der Waals surface area contributed by atoms with Gasteiger partial charge in [-0.25, -0.2) is 4.79 Å². The van der Waals surface area contributed by atoms with Crippen LogP contribution in [0.1, 0.15) is 18.9 Å². The number of hydrogen-bond acceptors (Lipinski definition) is 2. The number of rotatable bonds is 4. The highest BCUT2D eigenvalue weighted by Gasteiger charge is 2.10. The third kappa shape index (κ3) is 3.39. The first-order valence-corrected chi connectivity index (χ1v) is 5.30. The highest BCUT2D eigenvalue weighted by atomic mass is 16.5. The number of ether oxygens (including phenoxy) is 1. The third-order valence-corrected chi connectivity index (χ3v) is 2.12. The molecule has 0 fully saturated rings. The summed E-state index contributed by atoms with van der Waals surface area (Å²) >= 11 is 0. The van der Waals surface area contributed by atoms with Gasteiger partial charge in [0.1, 0.15) is 0 Å². The van der Waals surface area contributed by atoms with Crippen LogP contribution in [0.4, 0.5) is 0 Å². The van der Waals surface area contributed by atoms with Crippen molar-refractivity contribution in [3.8, 4) is 0 Å². The van der Waals surface area contributed by atoms with Crippen molar-refractivity contribution in [3.63, 3.8) is 0 Å². The molecule has 84 valence electrons. The second-order valence-corrected chi connectivity index (χ2v) is 3.27. The Kier molecular flexibility index (Phi) is 5.06. The second-order valence-electron chi connectivity index (χ2n) is 3.27. The van der Waals surface area contributed by atoms with Crippen molar-refractivity contribution >= 4 is 11.5 Å². The smallest absolute Gasteiger partial charge is 0.338 e. The predicted molar refractivity (Wildman–Crippen MR) is 65.9 cm³/mol. The molecule has 0 N–H and O–H groups in total. The van der Waals surface area contributed by atoms with E-state index in [-0.39, 0.29) is 5.97 Å². The molecule has 0 atom stereocenters. The van der Waals surface area contributed by atoms with Gasteiger partial charge in [-0.3, -0.25) is 0 Å². The van der Waals surface area contributed by atoms with E-state index in [1.807, 2.05) is 49.4 Å². The summed E-state index contributed by atoms with van der Waals surface area (Å²) in [7, 11) is 1.39. The van der Waals surface area contributed by atoms with Gasteiger partial charge in [0, 0.05) is 0 Å². The second kappa shape index (κ2) is 6.62. The molecule has 1 aromatic carbocycles. The summed E-state index contributed by atoms with van der Waals surface area (Å²) in [5, 5.41) is 0. The summed E-state index contributed by atoms with van der Waals surface area (Å²) in [6.45, 7) is 2.05. The molecular formula is C14H16O2. The van der Waals surface area contributed by atoms with Gasteiger partial charge in [0.05, 0.1) is 12.7 Å². The van der Waals surface area contributed by atoms with E-state index in [9.17, 15) is 4.79 Å². The van der Waals surface area contributed by atoms with Crippen molar-refractivity contribution in [3.05, 3.63) is 54.1 Å². The first-order chi connectivity index (χ1) is 7.79. The minimum atomic E-state index is -0.313. The van der Waals surface area contributed by atoms with Gasteiger partial charge < -0.3 is 4.74 Å². The maximum Gasteiger partial charge on any atom is 0.338 e. The molecule has 0 aliphatic heterocycles. The van der Waals surface area contributed by atoms with Crippen LogP contribution in [-0.2, 0) is 9.53 Å². The van der Waals surface area contributed by atoms with E-state index in [0.29, 0.717) is 5.57 Å². The number of carbonyl (C=O) groups is 1. The molecule has 0 radical (unpaired) electrons. The van der Waals surface area contributed by atoms with Gasteiger partial charge in [-0.2, -0.15) is 0 Å². The van der Waals surface area contributed by atoms with Gasteiger partial charge in [-0.15, -0.1) is 0 Å². The van der Waals surface area contributed by atoms with Crippen LogP contribution in [0.15, 0.2) is 48.6 Å². The summed E-state index contributed by atoms with van der Waals surface area (Å²) in [4.78, 5) is 11.6. The summed E-state index contributed by atoms with van der Waals surface area (Å²) in [5.41, 5.74) is 1.45. The quantitative estimate of drug-likeness (QED) is 0.439. The first kappa shape index (κ1) is 12.2. The molecule has 0 unspecified atom stereocenters. The van der Waals surface area contributed by atoms with E-state index in [1.165, 1.54) is 7.11 Å². The average molecular weight is 216 g/mol. The van der Waals surface area contributed by atoms with Crippen molar-refractivity contribution in [2.24, 2.45) is 0 Å². The lowest BCUT2D eigenvalue weighted by Crippen LogP contribution is -2.03. The van der Waals surface area contributed by atoms with Crippen LogP contribution < -0.4 is 0 Å². The van der Waals surface area contributed by atoms with Crippen LogP contribution in [0, 0.1) is 0 Å². The maximum atomic E-state index is 11.6. The Labute approximate surface area is 96.2 Å². The SMILES string of the molecule is CC/C=C/C=C(/C(=O)OC)c1ccccc1. The molecule has 0 spiro atoms. The van der Waals surface area contributed by atoms with Crippen molar-refractivity contribution < 1.29 is 9.53 Å².